The number of benzene rings is 1. The first-order valence-corrected chi connectivity index (χ1v) is 7.70. The Labute approximate surface area is 123 Å². The smallest absolute Gasteiger partial charge is 0.227 e. The molecule has 0 saturated heterocycles. The maximum Gasteiger partial charge on any atom is 0.227 e. The van der Waals surface area contributed by atoms with Crippen molar-refractivity contribution in [2.45, 2.75) is 31.6 Å². The minimum atomic E-state index is 0.205. The van der Waals surface area contributed by atoms with Crippen LogP contribution in [0.1, 0.15) is 31.2 Å². The fraction of sp³-hybridized carbons (Fsp3) is 0.333. The van der Waals surface area contributed by atoms with Crippen LogP contribution in [0.3, 0.4) is 0 Å². The lowest BCUT2D eigenvalue weighted by Gasteiger charge is -2.14. The van der Waals surface area contributed by atoms with Gasteiger partial charge in [-0.3, -0.25) is 0 Å². The highest BCUT2D eigenvalue weighted by molar-refractivity contribution is 7.98. The van der Waals surface area contributed by atoms with Crippen LogP contribution in [0.25, 0.3) is 0 Å². The normalized spacial score (nSPS) is 10.8. The zero-order valence-corrected chi connectivity index (χ0v) is 13.0. The molecular weight excluding hydrogens is 270 g/mol. The summed E-state index contributed by atoms with van der Waals surface area (Å²) in [5.41, 5.74) is 6.72. The van der Waals surface area contributed by atoms with Gasteiger partial charge in [0.15, 0.2) is 0 Å². The molecule has 0 aliphatic rings. The van der Waals surface area contributed by atoms with Gasteiger partial charge in [-0.15, -0.1) is 11.8 Å². The second-order valence-electron chi connectivity index (χ2n) is 4.80. The topological polar surface area (TPSA) is 61.0 Å². The van der Waals surface area contributed by atoms with Crippen molar-refractivity contribution < 1.29 is 4.74 Å². The molecule has 1 aromatic heterocycles. The van der Waals surface area contributed by atoms with E-state index in [1.165, 1.54) is 0 Å². The molecule has 0 aliphatic carbocycles. The van der Waals surface area contributed by atoms with Crippen LogP contribution in [-0.2, 0) is 0 Å². The van der Waals surface area contributed by atoms with Gasteiger partial charge >= 0.3 is 0 Å². The van der Waals surface area contributed by atoms with Crippen LogP contribution in [0.2, 0.25) is 0 Å². The fourth-order valence-electron chi connectivity index (χ4n) is 1.69. The Hall–Kier alpha value is -1.75. The Balaban J connectivity index is 2.42. The van der Waals surface area contributed by atoms with Gasteiger partial charge in [-0.25, -0.2) is 4.98 Å². The number of nitrogens with two attached hydrogens (primary N) is 1. The van der Waals surface area contributed by atoms with Crippen LogP contribution < -0.4 is 10.5 Å². The highest BCUT2D eigenvalue weighted by Gasteiger charge is 2.14. The first kappa shape index (κ1) is 14.7. The number of nitrogens with zero attached hydrogens (tertiary/aromatic N) is 2. The van der Waals surface area contributed by atoms with Gasteiger partial charge in [-0.05, 0) is 25.3 Å². The van der Waals surface area contributed by atoms with E-state index in [1.807, 2.05) is 51.3 Å². The summed E-state index contributed by atoms with van der Waals surface area (Å²) in [6, 6.07) is 7.87. The molecule has 106 valence electrons. The van der Waals surface area contributed by atoms with E-state index in [4.69, 9.17) is 10.5 Å². The van der Waals surface area contributed by atoms with Crippen LogP contribution in [0, 0.1) is 6.92 Å². The number of thioether (sulfide) groups is 1. The largest absolute Gasteiger partial charge is 0.437 e. The van der Waals surface area contributed by atoms with Gasteiger partial charge in [0.25, 0.3) is 0 Å². The Kier molecular flexibility index (Phi) is 4.49. The van der Waals surface area contributed by atoms with Gasteiger partial charge in [-0.1, -0.05) is 26.0 Å². The molecular formula is C15H19N3OS. The number of anilines is 1. The van der Waals surface area contributed by atoms with Crippen molar-refractivity contribution in [3.8, 4) is 11.6 Å². The highest BCUT2D eigenvalue weighted by Crippen LogP contribution is 2.33. The molecule has 4 nitrogen and oxygen atoms in total. The van der Waals surface area contributed by atoms with Crippen LogP contribution in [0.5, 0.6) is 11.6 Å². The van der Waals surface area contributed by atoms with Crippen molar-refractivity contribution in [3.63, 3.8) is 0 Å². The average molecular weight is 289 g/mol. The lowest BCUT2D eigenvalue weighted by Crippen LogP contribution is -2.06. The molecule has 0 unspecified atom stereocenters. The molecule has 1 aromatic carbocycles. The zero-order valence-electron chi connectivity index (χ0n) is 12.2. The van der Waals surface area contributed by atoms with Gasteiger partial charge < -0.3 is 10.5 Å². The van der Waals surface area contributed by atoms with Crippen molar-refractivity contribution in [1.82, 2.24) is 9.97 Å². The van der Waals surface area contributed by atoms with Crippen LogP contribution in [0.4, 0.5) is 5.82 Å². The quantitative estimate of drug-likeness (QED) is 0.862. The molecule has 0 aliphatic heterocycles. The number of rotatable bonds is 4. The molecule has 0 atom stereocenters. The molecule has 0 fully saturated rings. The van der Waals surface area contributed by atoms with Gasteiger partial charge in [-0.2, -0.15) is 4.98 Å². The first-order valence-electron chi connectivity index (χ1n) is 6.47. The number of hydrogen-bond donors (Lipinski definition) is 1. The summed E-state index contributed by atoms with van der Waals surface area (Å²) >= 11 is 1.64. The first-order chi connectivity index (χ1) is 9.52. The van der Waals surface area contributed by atoms with Crippen molar-refractivity contribution in [1.29, 1.82) is 0 Å². The lowest BCUT2D eigenvalue weighted by atomic mass is 10.2. The Morgan fingerprint density at radius 2 is 1.90 bits per heavy atom. The summed E-state index contributed by atoms with van der Waals surface area (Å²) in [6.45, 7) is 5.93. The molecule has 0 bridgehead atoms. The number of para-hydroxylation sites is 1. The Bertz CT molecular complexity index is 614. The summed E-state index contributed by atoms with van der Waals surface area (Å²) < 4.78 is 5.95. The highest BCUT2D eigenvalue weighted by atomic mass is 32.2. The standard InChI is InChI=1S/C15H19N3OS/c1-9(2)14-17-13(16)10(3)15(18-14)19-11-7-5-6-8-12(11)20-4/h5-9H,1-4H3,(H2,16,17,18). The van der Waals surface area contributed by atoms with E-state index < -0.39 is 0 Å². The van der Waals surface area contributed by atoms with Gasteiger partial charge in [0, 0.05) is 10.8 Å². The molecule has 0 radical (unpaired) electrons. The summed E-state index contributed by atoms with van der Waals surface area (Å²) in [7, 11) is 0. The molecule has 1 heterocycles. The fourth-order valence-corrected chi connectivity index (χ4v) is 2.22. The number of aromatic nitrogens is 2. The third-order valence-electron chi connectivity index (χ3n) is 2.95. The average Bonchev–Trinajstić information content (AvgIpc) is 2.44. The van der Waals surface area contributed by atoms with E-state index in [2.05, 4.69) is 9.97 Å². The van der Waals surface area contributed by atoms with E-state index in [0.29, 0.717) is 17.5 Å². The maximum absolute atomic E-state index is 5.95. The van der Waals surface area contributed by atoms with Crippen molar-refractivity contribution in [2.24, 2.45) is 0 Å². The number of hydrogen-bond acceptors (Lipinski definition) is 5. The van der Waals surface area contributed by atoms with Gasteiger partial charge in [0.1, 0.15) is 17.4 Å². The van der Waals surface area contributed by atoms with Crippen LogP contribution >= 0.6 is 11.8 Å². The maximum atomic E-state index is 5.95. The summed E-state index contributed by atoms with van der Waals surface area (Å²) in [5.74, 6) is 2.69. The Morgan fingerprint density at radius 3 is 2.55 bits per heavy atom. The number of ether oxygens (including phenoxy) is 1. The van der Waals surface area contributed by atoms with E-state index in [1.54, 1.807) is 11.8 Å². The lowest BCUT2D eigenvalue weighted by molar-refractivity contribution is 0.443. The molecule has 0 saturated carbocycles. The van der Waals surface area contributed by atoms with Crippen molar-refractivity contribution in [3.05, 3.63) is 35.7 Å². The third-order valence-corrected chi connectivity index (χ3v) is 3.73. The van der Waals surface area contributed by atoms with E-state index in [-0.39, 0.29) is 5.92 Å². The second-order valence-corrected chi connectivity index (χ2v) is 5.65. The molecule has 2 N–H and O–H groups in total. The predicted molar refractivity (Wildman–Crippen MR) is 83.6 cm³/mol. The third kappa shape index (κ3) is 3.04. The summed E-state index contributed by atoms with van der Waals surface area (Å²) in [6.07, 6.45) is 2.02. The van der Waals surface area contributed by atoms with Gasteiger partial charge in [0.05, 0.1) is 5.56 Å². The van der Waals surface area contributed by atoms with Crippen LogP contribution in [-0.4, -0.2) is 16.2 Å². The summed E-state index contributed by atoms with van der Waals surface area (Å²) in [5, 5.41) is 0. The molecule has 2 aromatic rings. The minimum Gasteiger partial charge on any atom is -0.437 e. The predicted octanol–water partition coefficient (Wildman–Crippen LogP) is 4.00. The van der Waals surface area contributed by atoms with E-state index >= 15 is 0 Å². The molecule has 0 spiro atoms. The molecule has 2 rings (SSSR count). The van der Waals surface area contributed by atoms with E-state index in [0.717, 1.165) is 16.2 Å². The molecule has 5 heteroatoms. The summed E-state index contributed by atoms with van der Waals surface area (Å²) in [4.78, 5) is 9.84. The van der Waals surface area contributed by atoms with Gasteiger partial charge in [0.2, 0.25) is 5.88 Å². The van der Waals surface area contributed by atoms with Crippen molar-refractivity contribution >= 4 is 17.6 Å². The SMILES string of the molecule is CSc1ccccc1Oc1nc(C(C)C)nc(N)c1C. The number of nitrogen functional groups attached to an aromatic ring is 1. The van der Waals surface area contributed by atoms with Crippen molar-refractivity contribution in [2.75, 3.05) is 12.0 Å². The zero-order chi connectivity index (χ0) is 14.7. The Morgan fingerprint density at radius 1 is 1.20 bits per heavy atom. The minimum absolute atomic E-state index is 0.205. The molecule has 0 amide bonds. The molecule has 20 heavy (non-hydrogen) atoms. The van der Waals surface area contributed by atoms with Crippen LogP contribution in [0.15, 0.2) is 29.2 Å². The van der Waals surface area contributed by atoms with E-state index in [9.17, 15) is 0 Å². The monoisotopic (exact) mass is 289 g/mol. The second kappa shape index (κ2) is 6.13.